The van der Waals surface area contributed by atoms with E-state index in [1.54, 1.807) is 0 Å². The summed E-state index contributed by atoms with van der Waals surface area (Å²) in [6.45, 7) is 2.71. The van der Waals surface area contributed by atoms with Gasteiger partial charge in [0.1, 0.15) is 12.4 Å². The van der Waals surface area contributed by atoms with Gasteiger partial charge in [-0.05, 0) is 32.3 Å². The van der Waals surface area contributed by atoms with Gasteiger partial charge in [0.15, 0.2) is 0 Å². The van der Waals surface area contributed by atoms with E-state index in [-0.39, 0.29) is 0 Å². The van der Waals surface area contributed by atoms with Crippen LogP contribution in [0.5, 0.6) is 5.75 Å². The number of carbonyl (C=O) groups is 2. The predicted molar refractivity (Wildman–Crippen MR) is 89.3 cm³/mol. The highest BCUT2D eigenvalue weighted by Crippen LogP contribution is 2.27. The quantitative estimate of drug-likeness (QED) is 0.523. The highest BCUT2D eigenvalue weighted by molar-refractivity contribution is 9.10. The molecule has 0 atom stereocenters. The Morgan fingerprint density at radius 1 is 1.17 bits per heavy atom. The van der Waals surface area contributed by atoms with Crippen LogP contribution in [0.4, 0.5) is 0 Å². The average Bonchev–Trinajstić information content (AvgIpc) is 2.44. The Bertz CT molecular complexity index is 500. The zero-order valence-electron chi connectivity index (χ0n) is 12.8. The number of benzene rings is 1. The normalized spacial score (nSPS) is 9.96. The zero-order valence-corrected chi connectivity index (χ0v) is 15.1. The lowest BCUT2D eigenvalue weighted by Gasteiger charge is -2.11. The van der Waals surface area contributed by atoms with Crippen LogP contribution in [0.15, 0.2) is 22.7 Å². The molecular formula is C14H19BrClNO6. The third-order valence-corrected chi connectivity index (χ3v) is 3.03. The summed E-state index contributed by atoms with van der Waals surface area (Å²) in [6.07, 6.45) is 0. The minimum absolute atomic E-state index is 0.509. The fourth-order valence-electron chi connectivity index (χ4n) is 1.15. The van der Waals surface area contributed by atoms with Crippen molar-refractivity contribution in [1.82, 2.24) is 4.90 Å². The lowest BCUT2D eigenvalue weighted by molar-refractivity contribution is -0.159. The van der Waals surface area contributed by atoms with Gasteiger partial charge in [-0.15, -0.1) is 0 Å². The van der Waals surface area contributed by atoms with Crippen LogP contribution in [0.2, 0.25) is 5.02 Å². The molecule has 23 heavy (non-hydrogen) atoms. The Labute approximate surface area is 147 Å². The summed E-state index contributed by atoms with van der Waals surface area (Å²) in [7, 11) is 4.03. The third-order valence-electron chi connectivity index (χ3n) is 2.24. The molecule has 0 aliphatic carbocycles. The van der Waals surface area contributed by atoms with Gasteiger partial charge in [-0.3, -0.25) is 0 Å². The molecule has 2 N–H and O–H groups in total. The van der Waals surface area contributed by atoms with E-state index in [2.05, 4.69) is 20.8 Å². The average molecular weight is 413 g/mol. The van der Waals surface area contributed by atoms with E-state index in [0.29, 0.717) is 30.6 Å². The molecule has 0 fully saturated rings. The fraction of sp³-hybridized carbons (Fsp3) is 0.429. The molecule has 0 bridgehead atoms. The van der Waals surface area contributed by atoms with E-state index in [1.165, 1.54) is 0 Å². The maximum absolute atomic E-state index is 9.10. The van der Waals surface area contributed by atoms with Crippen molar-refractivity contribution < 1.29 is 29.3 Å². The first-order chi connectivity index (χ1) is 10.7. The third kappa shape index (κ3) is 11.8. The summed E-state index contributed by atoms with van der Waals surface area (Å²) in [5, 5.41) is 15.4. The lowest BCUT2D eigenvalue weighted by Crippen LogP contribution is -2.19. The molecule has 0 aromatic heterocycles. The number of carboxylic acid groups (broad SMARTS) is 2. The van der Waals surface area contributed by atoms with Gasteiger partial charge in [0.2, 0.25) is 0 Å². The maximum Gasteiger partial charge on any atom is 0.414 e. The van der Waals surface area contributed by atoms with Gasteiger partial charge in [0.05, 0.1) is 18.2 Å². The van der Waals surface area contributed by atoms with Crippen molar-refractivity contribution in [3.05, 3.63) is 27.7 Å². The summed E-state index contributed by atoms with van der Waals surface area (Å²) in [6, 6.07) is 5.55. The van der Waals surface area contributed by atoms with Crippen LogP contribution >= 0.6 is 27.5 Å². The van der Waals surface area contributed by atoms with E-state index < -0.39 is 11.9 Å². The Balaban J connectivity index is 0.000000688. The van der Waals surface area contributed by atoms with Gasteiger partial charge in [0, 0.05) is 11.0 Å². The van der Waals surface area contributed by atoms with E-state index >= 15 is 0 Å². The molecule has 0 aliphatic heterocycles. The van der Waals surface area contributed by atoms with E-state index in [4.69, 9.17) is 40.9 Å². The van der Waals surface area contributed by atoms with Crippen LogP contribution in [0.25, 0.3) is 0 Å². The monoisotopic (exact) mass is 411 g/mol. The maximum atomic E-state index is 9.10. The van der Waals surface area contributed by atoms with Gasteiger partial charge in [-0.25, -0.2) is 9.59 Å². The predicted octanol–water partition coefficient (Wildman–Crippen LogP) is 2.22. The molecule has 7 nitrogen and oxygen atoms in total. The molecule has 1 aromatic carbocycles. The van der Waals surface area contributed by atoms with Crippen LogP contribution in [-0.4, -0.2) is 67.5 Å². The molecule has 0 heterocycles. The van der Waals surface area contributed by atoms with Crippen LogP contribution < -0.4 is 4.74 Å². The first kappa shape index (κ1) is 21.6. The van der Waals surface area contributed by atoms with Crippen molar-refractivity contribution in [2.24, 2.45) is 0 Å². The zero-order chi connectivity index (χ0) is 17.8. The highest BCUT2D eigenvalue weighted by Gasteiger charge is 2.04. The molecule has 0 amide bonds. The van der Waals surface area contributed by atoms with Crippen LogP contribution in [0, 0.1) is 0 Å². The molecule has 0 radical (unpaired) electrons. The molecule has 9 heteroatoms. The Hall–Kier alpha value is -1.35. The minimum atomic E-state index is -1.82. The summed E-state index contributed by atoms with van der Waals surface area (Å²) in [5.74, 6) is -2.96. The van der Waals surface area contributed by atoms with Gasteiger partial charge >= 0.3 is 11.9 Å². The van der Waals surface area contributed by atoms with E-state index in [9.17, 15) is 0 Å². The molecule has 0 saturated heterocycles. The molecule has 0 aliphatic rings. The Morgan fingerprint density at radius 3 is 2.26 bits per heavy atom. The van der Waals surface area contributed by atoms with Crippen LogP contribution in [0.3, 0.4) is 0 Å². The fourth-order valence-corrected chi connectivity index (χ4v) is 1.88. The van der Waals surface area contributed by atoms with E-state index in [1.807, 2.05) is 32.3 Å². The highest BCUT2D eigenvalue weighted by atomic mass is 79.9. The SMILES string of the molecule is CN(C)CCOCCOc1ccc(Br)cc1Cl.O=C(O)C(=O)O. The first-order valence-corrected chi connectivity index (χ1v) is 7.67. The van der Waals surface area contributed by atoms with Crippen molar-refractivity contribution in [3.8, 4) is 5.75 Å². The minimum Gasteiger partial charge on any atom is -0.490 e. The van der Waals surface area contributed by atoms with Crippen molar-refractivity contribution in [2.45, 2.75) is 0 Å². The number of aliphatic carboxylic acids is 2. The molecule has 130 valence electrons. The second-order valence-electron chi connectivity index (χ2n) is 4.45. The first-order valence-electron chi connectivity index (χ1n) is 6.50. The number of rotatable bonds is 7. The molecule has 0 unspecified atom stereocenters. The summed E-state index contributed by atoms with van der Waals surface area (Å²) < 4.78 is 11.9. The molecule has 0 saturated carbocycles. The van der Waals surface area contributed by atoms with Crippen molar-refractivity contribution in [3.63, 3.8) is 0 Å². The van der Waals surface area contributed by atoms with Crippen molar-refractivity contribution in [1.29, 1.82) is 0 Å². The smallest absolute Gasteiger partial charge is 0.414 e. The van der Waals surface area contributed by atoms with Crippen molar-refractivity contribution in [2.75, 3.05) is 40.5 Å². The number of carboxylic acids is 2. The number of ether oxygens (including phenoxy) is 2. The molecule has 0 spiro atoms. The number of hydrogen-bond acceptors (Lipinski definition) is 5. The van der Waals surface area contributed by atoms with Gasteiger partial charge in [0.25, 0.3) is 0 Å². The second-order valence-corrected chi connectivity index (χ2v) is 5.77. The van der Waals surface area contributed by atoms with Gasteiger partial charge in [-0.2, -0.15) is 0 Å². The summed E-state index contributed by atoms with van der Waals surface area (Å²) >= 11 is 9.35. The topological polar surface area (TPSA) is 96.3 Å². The van der Waals surface area contributed by atoms with E-state index in [0.717, 1.165) is 11.0 Å². The van der Waals surface area contributed by atoms with Crippen LogP contribution in [-0.2, 0) is 14.3 Å². The summed E-state index contributed by atoms with van der Waals surface area (Å²) in [5.41, 5.74) is 0. The number of nitrogens with zero attached hydrogens (tertiary/aromatic N) is 1. The number of hydrogen-bond donors (Lipinski definition) is 2. The van der Waals surface area contributed by atoms with Crippen LogP contribution in [0.1, 0.15) is 0 Å². The number of likely N-dealkylation sites (N-methyl/N-ethyl adjacent to an activating group) is 1. The number of halogens is 2. The van der Waals surface area contributed by atoms with Crippen molar-refractivity contribution >= 4 is 39.5 Å². The Morgan fingerprint density at radius 2 is 1.78 bits per heavy atom. The standard InChI is InChI=1S/C12H17BrClNO2.C2H2O4/c1-15(2)5-6-16-7-8-17-12-4-3-10(13)9-11(12)14;3-1(4)2(5)6/h3-4,9H,5-8H2,1-2H3;(H,3,4)(H,5,6). The lowest BCUT2D eigenvalue weighted by atomic mass is 10.3. The Kier molecular flexibility index (Phi) is 11.4. The van der Waals surface area contributed by atoms with Gasteiger partial charge < -0.3 is 24.6 Å². The molecule has 1 aromatic rings. The largest absolute Gasteiger partial charge is 0.490 e. The molecular weight excluding hydrogens is 394 g/mol. The second kappa shape index (κ2) is 12.1. The van der Waals surface area contributed by atoms with Gasteiger partial charge in [-0.1, -0.05) is 27.5 Å². The summed E-state index contributed by atoms with van der Waals surface area (Å²) in [4.78, 5) is 20.3. The molecule has 1 rings (SSSR count).